The third-order valence-corrected chi connectivity index (χ3v) is 6.54. The van der Waals surface area contributed by atoms with Crippen molar-refractivity contribution >= 4 is 28.5 Å². The highest BCUT2D eigenvalue weighted by Crippen LogP contribution is 2.44. The lowest BCUT2D eigenvalue weighted by Crippen LogP contribution is -2.11. The number of rotatable bonds is 7. The average molecular weight is 430 g/mol. The van der Waals surface area contributed by atoms with E-state index in [0.29, 0.717) is 11.1 Å². The highest BCUT2D eigenvalue weighted by Gasteiger charge is 2.26. The minimum atomic E-state index is -0.286. The molecule has 1 aliphatic rings. The van der Waals surface area contributed by atoms with Crippen LogP contribution in [0, 0.1) is 0 Å². The molecule has 0 aliphatic heterocycles. The first-order valence-corrected chi connectivity index (χ1v) is 11.5. The number of hydrogen-bond acceptors (Lipinski definition) is 5. The lowest BCUT2D eigenvalue weighted by atomic mass is 9.99. The van der Waals surface area contributed by atoms with Gasteiger partial charge in [0.15, 0.2) is 5.16 Å². The molecule has 3 aromatic carbocycles. The van der Waals surface area contributed by atoms with E-state index in [9.17, 15) is 4.79 Å². The van der Waals surface area contributed by atoms with Crippen molar-refractivity contribution in [2.45, 2.75) is 36.9 Å². The van der Waals surface area contributed by atoms with Gasteiger partial charge in [0.2, 0.25) is 0 Å². The number of fused-ring (bicyclic) bond motifs is 1. The van der Waals surface area contributed by atoms with Crippen LogP contribution >= 0.6 is 11.8 Å². The van der Waals surface area contributed by atoms with E-state index in [1.807, 2.05) is 41.8 Å². The summed E-state index contributed by atoms with van der Waals surface area (Å²) in [6.45, 7) is 1.88. The van der Waals surface area contributed by atoms with E-state index in [1.165, 1.54) is 40.9 Å². The molecule has 1 fully saturated rings. The molecule has 1 heterocycles. The van der Waals surface area contributed by atoms with Crippen LogP contribution in [0.1, 0.15) is 42.9 Å². The van der Waals surface area contributed by atoms with Gasteiger partial charge in [0.1, 0.15) is 12.4 Å². The number of hydrogen-bond donors (Lipinski definition) is 0. The maximum atomic E-state index is 12.4. The highest BCUT2D eigenvalue weighted by atomic mass is 32.2. The van der Waals surface area contributed by atoms with Gasteiger partial charge in [0.25, 0.3) is 0 Å². The first kappa shape index (κ1) is 19.8. The minimum absolute atomic E-state index is 0.175. The fourth-order valence-electron chi connectivity index (χ4n) is 3.90. The van der Waals surface area contributed by atoms with Crippen molar-refractivity contribution in [2.75, 3.05) is 5.75 Å². The van der Waals surface area contributed by atoms with E-state index >= 15 is 0 Å². The van der Waals surface area contributed by atoms with Gasteiger partial charge in [-0.3, -0.25) is 9.36 Å². The van der Waals surface area contributed by atoms with Crippen LogP contribution in [0.2, 0.25) is 0 Å². The summed E-state index contributed by atoms with van der Waals surface area (Å²) in [7, 11) is 0. The fourth-order valence-corrected chi connectivity index (χ4v) is 4.61. The molecule has 0 unspecified atom stereocenters. The van der Waals surface area contributed by atoms with Gasteiger partial charge in [-0.2, -0.15) is 0 Å². The third kappa shape index (κ3) is 4.21. The van der Waals surface area contributed by atoms with Crippen LogP contribution in [0.5, 0.6) is 0 Å². The van der Waals surface area contributed by atoms with Crippen LogP contribution in [-0.2, 0) is 9.53 Å². The summed E-state index contributed by atoms with van der Waals surface area (Å²) in [5, 5.41) is 11.5. The number of carbonyl (C=O) groups is 1. The maximum absolute atomic E-state index is 12.4. The summed E-state index contributed by atoms with van der Waals surface area (Å²) >= 11 is 1.34. The van der Waals surface area contributed by atoms with Crippen molar-refractivity contribution in [3.63, 3.8) is 0 Å². The van der Waals surface area contributed by atoms with Crippen LogP contribution in [0.25, 0.3) is 16.5 Å². The topological polar surface area (TPSA) is 57.0 Å². The van der Waals surface area contributed by atoms with Crippen molar-refractivity contribution in [3.05, 3.63) is 84.2 Å². The van der Waals surface area contributed by atoms with Crippen molar-refractivity contribution in [1.82, 2.24) is 14.8 Å². The number of benzene rings is 3. The van der Waals surface area contributed by atoms with Gasteiger partial charge in [0, 0.05) is 5.39 Å². The van der Waals surface area contributed by atoms with Gasteiger partial charge in [0.05, 0.1) is 11.4 Å². The number of aromatic nitrogens is 3. The zero-order valence-corrected chi connectivity index (χ0v) is 18.1. The zero-order valence-electron chi connectivity index (χ0n) is 17.3. The van der Waals surface area contributed by atoms with Gasteiger partial charge < -0.3 is 4.74 Å². The lowest BCUT2D eigenvalue weighted by molar-refractivity contribution is -0.145. The number of thioether (sulfide) groups is 1. The molecule has 1 saturated carbocycles. The van der Waals surface area contributed by atoms with E-state index in [2.05, 4.69) is 46.6 Å². The molecule has 156 valence electrons. The molecular formula is C25H23N3O2S. The molecule has 1 aliphatic carbocycles. The van der Waals surface area contributed by atoms with Crippen LogP contribution in [0.3, 0.4) is 0 Å². The molecule has 6 heteroatoms. The Morgan fingerprint density at radius 2 is 1.81 bits per heavy atom. The lowest BCUT2D eigenvalue weighted by Gasteiger charge is -2.14. The average Bonchev–Trinajstić information content (AvgIpc) is 3.55. The summed E-state index contributed by atoms with van der Waals surface area (Å²) in [5.74, 6) is 0.577. The van der Waals surface area contributed by atoms with E-state index in [1.54, 1.807) is 6.33 Å². The van der Waals surface area contributed by atoms with E-state index in [0.717, 1.165) is 11.3 Å². The molecule has 0 spiro atoms. The molecule has 5 nitrogen and oxygen atoms in total. The Hall–Kier alpha value is -3.12. The Kier molecular flexibility index (Phi) is 5.47. The third-order valence-electron chi connectivity index (χ3n) is 5.62. The number of ether oxygens (including phenoxy) is 1. The van der Waals surface area contributed by atoms with E-state index in [-0.39, 0.29) is 17.8 Å². The SMILES string of the molecule is C[C@@H](OC(=O)CSc1nncn1-c1ccc(C2CC2)c2ccccc12)c1ccccc1. The number of carbonyl (C=O) groups excluding carboxylic acids is 1. The summed E-state index contributed by atoms with van der Waals surface area (Å²) in [4.78, 5) is 12.4. The molecule has 0 bridgehead atoms. The van der Waals surface area contributed by atoms with Crippen LogP contribution < -0.4 is 0 Å². The molecule has 4 aromatic rings. The summed E-state index contributed by atoms with van der Waals surface area (Å²) in [6.07, 6.45) is 3.95. The summed E-state index contributed by atoms with van der Waals surface area (Å²) in [5.41, 5.74) is 3.42. The molecular weight excluding hydrogens is 406 g/mol. The van der Waals surface area contributed by atoms with Crippen molar-refractivity contribution in [3.8, 4) is 5.69 Å². The van der Waals surface area contributed by atoms with Gasteiger partial charge in [-0.15, -0.1) is 10.2 Å². The Balaban J connectivity index is 1.34. The highest BCUT2D eigenvalue weighted by molar-refractivity contribution is 7.99. The molecule has 1 atom stereocenters. The fraction of sp³-hybridized carbons (Fsp3) is 0.240. The van der Waals surface area contributed by atoms with E-state index in [4.69, 9.17) is 4.74 Å². The molecule has 0 N–H and O–H groups in total. The molecule has 31 heavy (non-hydrogen) atoms. The van der Waals surface area contributed by atoms with Crippen molar-refractivity contribution in [1.29, 1.82) is 0 Å². The van der Waals surface area contributed by atoms with Gasteiger partial charge >= 0.3 is 5.97 Å². The molecule has 5 rings (SSSR count). The second-order valence-electron chi connectivity index (χ2n) is 7.81. The van der Waals surface area contributed by atoms with Crippen LogP contribution in [-0.4, -0.2) is 26.5 Å². The number of esters is 1. The van der Waals surface area contributed by atoms with Crippen molar-refractivity contribution < 1.29 is 9.53 Å². The smallest absolute Gasteiger partial charge is 0.316 e. The maximum Gasteiger partial charge on any atom is 0.316 e. The zero-order chi connectivity index (χ0) is 21.2. The molecule has 0 saturated heterocycles. The van der Waals surface area contributed by atoms with Crippen LogP contribution in [0.15, 0.2) is 78.2 Å². The van der Waals surface area contributed by atoms with Crippen LogP contribution in [0.4, 0.5) is 0 Å². The van der Waals surface area contributed by atoms with E-state index < -0.39 is 0 Å². The van der Waals surface area contributed by atoms with Gasteiger partial charge in [-0.05, 0) is 48.3 Å². The molecule has 1 aromatic heterocycles. The predicted octanol–water partition coefficient (Wildman–Crippen LogP) is 5.69. The summed E-state index contributed by atoms with van der Waals surface area (Å²) in [6, 6.07) is 22.6. The monoisotopic (exact) mass is 429 g/mol. The minimum Gasteiger partial charge on any atom is -0.457 e. The molecule has 0 amide bonds. The number of nitrogens with zero attached hydrogens (tertiary/aromatic N) is 3. The Bertz CT molecular complexity index is 1220. The largest absolute Gasteiger partial charge is 0.457 e. The predicted molar refractivity (Wildman–Crippen MR) is 123 cm³/mol. The second-order valence-corrected chi connectivity index (χ2v) is 8.75. The second kappa shape index (κ2) is 8.55. The standard InChI is InChI=1S/C25H23N3O2S/c1-17(18-7-3-2-4-8-18)30-24(29)15-31-25-27-26-16-28(25)23-14-13-20(19-11-12-19)21-9-5-6-10-22(21)23/h2-10,13-14,16-17,19H,11-12,15H2,1H3/t17-/m1/s1. The quantitative estimate of drug-likeness (QED) is 0.279. The van der Waals surface area contributed by atoms with Gasteiger partial charge in [-0.1, -0.05) is 72.4 Å². The molecule has 0 radical (unpaired) electrons. The first-order valence-electron chi connectivity index (χ1n) is 10.5. The Morgan fingerprint density at radius 3 is 2.58 bits per heavy atom. The normalized spacial score (nSPS) is 14.5. The Morgan fingerprint density at radius 1 is 1.06 bits per heavy atom. The Labute approximate surface area is 185 Å². The van der Waals surface area contributed by atoms with Crippen molar-refractivity contribution in [2.24, 2.45) is 0 Å². The summed E-state index contributed by atoms with van der Waals surface area (Å²) < 4.78 is 7.54. The van der Waals surface area contributed by atoms with Gasteiger partial charge in [-0.25, -0.2) is 0 Å². The first-order chi connectivity index (χ1) is 15.2.